The first-order chi connectivity index (χ1) is 15.4. The first-order valence-electron chi connectivity index (χ1n) is 9.84. The molecule has 7 nitrogen and oxygen atoms in total. The van der Waals surface area contributed by atoms with Gasteiger partial charge in [0.2, 0.25) is 5.95 Å². The van der Waals surface area contributed by atoms with Crippen LogP contribution in [0.4, 0.5) is 32.3 Å². The fourth-order valence-corrected chi connectivity index (χ4v) is 3.53. The van der Waals surface area contributed by atoms with E-state index < -0.39 is 41.4 Å². The van der Waals surface area contributed by atoms with Gasteiger partial charge >= 0.3 is 12.5 Å². The average Bonchev–Trinajstić information content (AvgIpc) is 2.73. The van der Waals surface area contributed by atoms with Crippen LogP contribution in [0.5, 0.6) is 0 Å². The minimum atomic E-state index is -4.95. The molecule has 2 heterocycles. The number of halogens is 7. The zero-order valence-corrected chi connectivity index (χ0v) is 17.7. The number of hydrogen-bond donors (Lipinski definition) is 2. The van der Waals surface area contributed by atoms with E-state index in [0.717, 1.165) is 12.3 Å². The number of ether oxygens (including phenoxy) is 2. The van der Waals surface area contributed by atoms with Crippen LogP contribution in [-0.2, 0) is 15.7 Å². The lowest BCUT2D eigenvalue weighted by Crippen LogP contribution is -2.33. The molecule has 0 bridgehead atoms. The molecule has 182 valence electrons. The lowest BCUT2D eigenvalue weighted by atomic mass is 10.0. The Hall–Kier alpha value is -2.54. The highest BCUT2D eigenvalue weighted by molar-refractivity contribution is 6.31. The molecule has 33 heavy (non-hydrogen) atoms. The lowest BCUT2D eigenvalue weighted by Gasteiger charge is -2.22. The summed E-state index contributed by atoms with van der Waals surface area (Å²) in [6.07, 6.45) is -6.94. The van der Waals surface area contributed by atoms with Gasteiger partial charge in [-0.3, -0.25) is 4.79 Å². The summed E-state index contributed by atoms with van der Waals surface area (Å²) in [6, 6.07) is 0. The van der Waals surface area contributed by atoms with E-state index >= 15 is 0 Å². The normalized spacial score (nSPS) is 18.1. The Morgan fingerprint density at radius 1 is 1.18 bits per heavy atom. The van der Waals surface area contributed by atoms with Crippen LogP contribution >= 0.6 is 11.6 Å². The minimum Gasteiger partial charge on any atom is -0.409 e. The number of carbonyl (C=O) groups is 1. The summed E-state index contributed by atoms with van der Waals surface area (Å²) in [5.41, 5.74) is -2.00. The number of hydrogen-bond acceptors (Lipinski definition) is 6. The van der Waals surface area contributed by atoms with Crippen LogP contribution in [0, 0.1) is 5.92 Å². The molecule has 0 saturated carbocycles. The molecule has 1 aromatic rings. The van der Waals surface area contributed by atoms with E-state index in [0.29, 0.717) is 26.1 Å². The van der Waals surface area contributed by atoms with Crippen molar-refractivity contribution < 1.29 is 40.6 Å². The van der Waals surface area contributed by atoms with Gasteiger partial charge in [-0.15, -0.1) is 13.2 Å². The number of rotatable bonds is 6. The number of nitrogens with one attached hydrogen (secondary N) is 2. The maximum Gasteiger partial charge on any atom is 0.572 e. The van der Waals surface area contributed by atoms with E-state index in [1.165, 1.54) is 0 Å². The molecule has 1 saturated heterocycles. The molecular formula is C19H19ClF6N4O3. The Balaban J connectivity index is 1.74. The molecule has 1 aliphatic heterocycles. The molecule has 14 heteroatoms. The number of amides is 1. The van der Waals surface area contributed by atoms with E-state index in [4.69, 9.17) is 16.3 Å². The van der Waals surface area contributed by atoms with Gasteiger partial charge in [0, 0.05) is 38.1 Å². The maximum atomic E-state index is 13.6. The summed E-state index contributed by atoms with van der Waals surface area (Å²) in [5.74, 6) is -1.86. The zero-order valence-electron chi connectivity index (χ0n) is 16.9. The highest BCUT2D eigenvalue weighted by Crippen LogP contribution is 2.34. The van der Waals surface area contributed by atoms with Gasteiger partial charge < -0.3 is 20.1 Å². The van der Waals surface area contributed by atoms with Crippen molar-refractivity contribution in [3.05, 3.63) is 40.0 Å². The highest BCUT2D eigenvalue weighted by atomic mass is 35.5. The molecule has 1 fully saturated rings. The Morgan fingerprint density at radius 2 is 1.88 bits per heavy atom. The molecule has 1 aliphatic carbocycles. The summed E-state index contributed by atoms with van der Waals surface area (Å²) in [5, 5.41) is 4.61. The van der Waals surface area contributed by atoms with Crippen LogP contribution < -0.4 is 10.6 Å². The quantitative estimate of drug-likeness (QED) is 0.549. The second kappa shape index (κ2) is 10.2. The zero-order chi connectivity index (χ0) is 24.2. The summed E-state index contributed by atoms with van der Waals surface area (Å²) in [4.78, 5) is 19.5. The van der Waals surface area contributed by atoms with Crippen molar-refractivity contribution in [2.24, 2.45) is 5.92 Å². The molecule has 3 rings (SSSR count). The number of carbonyl (C=O) groups excluding carboxylic acids is 1. The number of aromatic nitrogens is 2. The molecular weight excluding hydrogens is 482 g/mol. The van der Waals surface area contributed by atoms with Crippen LogP contribution in [0.15, 0.2) is 28.8 Å². The second-order valence-corrected chi connectivity index (χ2v) is 7.74. The monoisotopic (exact) mass is 500 g/mol. The number of alkyl halides is 6. The van der Waals surface area contributed by atoms with Crippen molar-refractivity contribution in [2.75, 3.05) is 25.1 Å². The van der Waals surface area contributed by atoms with Crippen molar-refractivity contribution in [3.63, 3.8) is 0 Å². The van der Waals surface area contributed by atoms with Crippen LogP contribution in [0.25, 0.3) is 0 Å². The predicted molar refractivity (Wildman–Crippen MR) is 104 cm³/mol. The summed E-state index contributed by atoms with van der Waals surface area (Å²) in [6.45, 7) is 1.24. The fourth-order valence-electron chi connectivity index (χ4n) is 3.26. The molecule has 2 aliphatic rings. The van der Waals surface area contributed by atoms with Crippen LogP contribution in [0.3, 0.4) is 0 Å². The summed E-state index contributed by atoms with van der Waals surface area (Å²) >= 11 is 5.78. The Bertz CT molecular complexity index is 942. The minimum absolute atomic E-state index is 0.0420. The van der Waals surface area contributed by atoms with Crippen molar-refractivity contribution in [1.82, 2.24) is 15.3 Å². The Morgan fingerprint density at radius 3 is 2.48 bits per heavy atom. The number of anilines is 1. The standard InChI is InChI=1S/C19H19ClF6N4O3/c20-13-7-11(1-2-14(13)33-19(24,25)26)29-17-28-9-12(15(30-17)18(21,22)23)16(31)27-8-10-3-5-32-6-4-10/h7,9-10H,1-6,8H2,(H,27,31)(H,28,29,30). The first-order valence-corrected chi connectivity index (χ1v) is 10.2. The third-order valence-electron chi connectivity index (χ3n) is 4.89. The number of allylic oxidation sites excluding steroid dienone is 4. The third kappa shape index (κ3) is 7.22. The van der Waals surface area contributed by atoms with Gasteiger partial charge in [0.1, 0.15) is 5.76 Å². The van der Waals surface area contributed by atoms with Crippen LogP contribution in [0.2, 0.25) is 0 Å². The maximum absolute atomic E-state index is 13.6. The molecule has 0 unspecified atom stereocenters. The van der Waals surface area contributed by atoms with E-state index in [1.807, 2.05) is 0 Å². The molecule has 0 spiro atoms. The molecule has 1 amide bonds. The van der Waals surface area contributed by atoms with E-state index in [1.54, 1.807) is 0 Å². The lowest BCUT2D eigenvalue weighted by molar-refractivity contribution is -0.306. The van der Waals surface area contributed by atoms with Gasteiger partial charge in [-0.1, -0.05) is 11.6 Å². The van der Waals surface area contributed by atoms with Crippen molar-refractivity contribution in [3.8, 4) is 0 Å². The smallest absolute Gasteiger partial charge is 0.409 e. The molecule has 0 atom stereocenters. The summed E-state index contributed by atoms with van der Waals surface area (Å²) in [7, 11) is 0. The second-order valence-electron chi connectivity index (χ2n) is 7.33. The third-order valence-corrected chi connectivity index (χ3v) is 5.21. The van der Waals surface area contributed by atoms with Gasteiger partial charge in [-0.25, -0.2) is 9.97 Å². The average molecular weight is 501 g/mol. The van der Waals surface area contributed by atoms with Gasteiger partial charge in [0.25, 0.3) is 5.91 Å². The Labute approximate surface area is 189 Å². The largest absolute Gasteiger partial charge is 0.572 e. The Kier molecular flexibility index (Phi) is 7.73. The molecule has 0 radical (unpaired) electrons. The van der Waals surface area contributed by atoms with E-state index in [-0.39, 0.29) is 36.0 Å². The topological polar surface area (TPSA) is 85.4 Å². The highest BCUT2D eigenvalue weighted by Gasteiger charge is 2.38. The van der Waals surface area contributed by atoms with E-state index in [9.17, 15) is 31.1 Å². The van der Waals surface area contributed by atoms with Gasteiger partial charge in [0.15, 0.2) is 5.69 Å². The molecule has 0 aromatic carbocycles. The molecule has 2 N–H and O–H groups in total. The molecule has 1 aromatic heterocycles. The van der Waals surface area contributed by atoms with E-state index in [2.05, 4.69) is 25.3 Å². The SMILES string of the molecule is O=C(NCC1CCOCC1)c1cnc(NC2=CC(Cl)=C(OC(F)(F)F)CC2)nc1C(F)(F)F. The van der Waals surface area contributed by atoms with Crippen LogP contribution in [0.1, 0.15) is 41.7 Å². The van der Waals surface area contributed by atoms with Crippen molar-refractivity contribution in [1.29, 1.82) is 0 Å². The fraction of sp³-hybridized carbons (Fsp3) is 0.526. The van der Waals surface area contributed by atoms with Crippen LogP contribution in [-0.4, -0.2) is 42.0 Å². The number of nitrogens with zero attached hydrogens (tertiary/aromatic N) is 2. The van der Waals surface area contributed by atoms with Gasteiger partial charge in [-0.2, -0.15) is 13.2 Å². The summed E-state index contributed by atoms with van der Waals surface area (Å²) < 4.78 is 86.7. The van der Waals surface area contributed by atoms with Gasteiger partial charge in [0.05, 0.1) is 10.6 Å². The first kappa shape index (κ1) is 25.1. The van der Waals surface area contributed by atoms with Crippen molar-refractivity contribution >= 4 is 23.5 Å². The predicted octanol–water partition coefficient (Wildman–Crippen LogP) is 4.73. The van der Waals surface area contributed by atoms with Gasteiger partial charge in [-0.05, 0) is 31.3 Å². The van der Waals surface area contributed by atoms with Crippen molar-refractivity contribution in [2.45, 2.75) is 38.2 Å².